The third kappa shape index (κ3) is 3.68. The summed E-state index contributed by atoms with van der Waals surface area (Å²) in [4.78, 5) is 2.42. The van der Waals surface area contributed by atoms with Crippen LogP contribution in [0.2, 0.25) is 0 Å². The second kappa shape index (κ2) is 7.23. The summed E-state index contributed by atoms with van der Waals surface area (Å²) < 4.78 is 7.87. The van der Waals surface area contributed by atoms with E-state index < -0.39 is 0 Å². The van der Waals surface area contributed by atoms with E-state index in [9.17, 15) is 0 Å². The van der Waals surface area contributed by atoms with E-state index in [0.717, 1.165) is 49.5 Å². The molecule has 0 aliphatic carbocycles. The topological polar surface area (TPSA) is 69.2 Å². The molecule has 7 heteroatoms. The van der Waals surface area contributed by atoms with E-state index in [1.807, 2.05) is 0 Å². The Labute approximate surface area is 118 Å². The van der Waals surface area contributed by atoms with Crippen molar-refractivity contribution in [1.29, 1.82) is 0 Å². The minimum atomic E-state index is 0.280. The molecule has 1 saturated heterocycles. The number of ether oxygens (including phenoxy) is 1. The van der Waals surface area contributed by atoms with Gasteiger partial charge in [0.1, 0.15) is 5.82 Å². The molecule has 2 heterocycles. The fraction of sp³-hybridized carbons (Fsp3) is 0.833. The van der Waals surface area contributed by atoms with Crippen LogP contribution in [0, 0.1) is 0 Å². The Morgan fingerprint density at radius 1 is 1.37 bits per heavy atom. The lowest BCUT2D eigenvalue weighted by molar-refractivity contribution is -0.0137. The zero-order valence-electron chi connectivity index (χ0n) is 11.7. The highest BCUT2D eigenvalue weighted by Gasteiger charge is 2.20. The van der Waals surface area contributed by atoms with E-state index in [4.69, 9.17) is 10.5 Å². The molecule has 0 saturated carbocycles. The van der Waals surface area contributed by atoms with Gasteiger partial charge in [0.05, 0.1) is 19.3 Å². The number of nitrogens with two attached hydrogens (primary N) is 1. The van der Waals surface area contributed by atoms with Crippen LogP contribution in [0.1, 0.15) is 19.7 Å². The van der Waals surface area contributed by atoms with Gasteiger partial charge < -0.3 is 15.0 Å². The molecule has 1 unspecified atom stereocenters. The maximum absolute atomic E-state index is 5.79. The van der Waals surface area contributed by atoms with E-state index in [0.29, 0.717) is 6.54 Å². The van der Waals surface area contributed by atoms with Gasteiger partial charge in [-0.15, -0.1) is 10.2 Å². The summed E-state index contributed by atoms with van der Waals surface area (Å²) in [6, 6.07) is 0. The molecule has 0 aromatic carbocycles. The largest absolute Gasteiger partial charge is 0.375 e. The van der Waals surface area contributed by atoms with Gasteiger partial charge in [-0.1, -0.05) is 18.7 Å². The summed E-state index contributed by atoms with van der Waals surface area (Å²) in [7, 11) is 0. The van der Waals surface area contributed by atoms with Gasteiger partial charge in [-0.2, -0.15) is 0 Å². The number of likely N-dealkylation sites (N-methyl/N-ethyl adjacent to an activating group) is 1. The van der Waals surface area contributed by atoms with Crippen molar-refractivity contribution < 1.29 is 4.74 Å². The van der Waals surface area contributed by atoms with Gasteiger partial charge in [0.25, 0.3) is 0 Å². The molecule has 0 bridgehead atoms. The van der Waals surface area contributed by atoms with Crippen LogP contribution < -0.4 is 5.73 Å². The minimum absolute atomic E-state index is 0.280. The van der Waals surface area contributed by atoms with Crippen molar-refractivity contribution in [3.05, 3.63) is 5.82 Å². The van der Waals surface area contributed by atoms with Crippen LogP contribution in [0.25, 0.3) is 0 Å². The molecule has 1 aliphatic rings. The number of hydrogen-bond acceptors (Lipinski definition) is 6. The van der Waals surface area contributed by atoms with Crippen LogP contribution in [0.15, 0.2) is 5.16 Å². The van der Waals surface area contributed by atoms with Crippen LogP contribution in [-0.2, 0) is 17.8 Å². The first-order valence-corrected chi connectivity index (χ1v) is 7.85. The van der Waals surface area contributed by atoms with E-state index in [2.05, 4.69) is 33.5 Å². The first-order chi connectivity index (χ1) is 9.28. The quantitative estimate of drug-likeness (QED) is 0.771. The third-order valence-electron chi connectivity index (χ3n) is 3.36. The Morgan fingerprint density at radius 2 is 2.21 bits per heavy atom. The summed E-state index contributed by atoms with van der Waals surface area (Å²) in [5, 5.41) is 9.27. The molecule has 108 valence electrons. The fourth-order valence-electron chi connectivity index (χ4n) is 2.23. The molecular weight excluding hydrogens is 262 g/mol. The Kier molecular flexibility index (Phi) is 5.62. The highest BCUT2D eigenvalue weighted by atomic mass is 32.2. The average Bonchev–Trinajstić information content (AvgIpc) is 2.87. The predicted octanol–water partition coefficient (Wildman–Crippen LogP) is 0.570. The first kappa shape index (κ1) is 14.8. The standard InChI is InChI=1S/C12H23N5OS/c1-3-16-5-6-18-10(8-16)9-19-12-15-14-11(7-13)17(12)4-2/h10H,3-9,13H2,1-2H3. The van der Waals surface area contributed by atoms with E-state index >= 15 is 0 Å². The Morgan fingerprint density at radius 3 is 2.89 bits per heavy atom. The number of rotatable bonds is 6. The molecule has 2 N–H and O–H groups in total. The van der Waals surface area contributed by atoms with Gasteiger partial charge in [0, 0.05) is 25.4 Å². The molecule has 1 aromatic rings. The lowest BCUT2D eigenvalue weighted by atomic mass is 10.3. The van der Waals surface area contributed by atoms with Gasteiger partial charge in [-0.05, 0) is 13.5 Å². The normalized spacial score (nSPS) is 20.9. The molecule has 0 spiro atoms. The van der Waals surface area contributed by atoms with Gasteiger partial charge >= 0.3 is 0 Å². The Bertz CT molecular complexity index is 397. The fourth-order valence-corrected chi connectivity index (χ4v) is 3.26. The molecule has 6 nitrogen and oxygen atoms in total. The lowest BCUT2D eigenvalue weighted by Crippen LogP contribution is -2.43. The van der Waals surface area contributed by atoms with Crippen LogP contribution in [0.5, 0.6) is 0 Å². The summed E-state index contributed by atoms with van der Waals surface area (Å²) in [5.74, 6) is 1.77. The summed E-state index contributed by atoms with van der Waals surface area (Å²) in [5.41, 5.74) is 5.65. The molecule has 0 amide bonds. The van der Waals surface area contributed by atoms with Crippen LogP contribution in [0.3, 0.4) is 0 Å². The maximum Gasteiger partial charge on any atom is 0.191 e. The summed E-state index contributed by atoms with van der Waals surface area (Å²) in [6.07, 6.45) is 0.280. The van der Waals surface area contributed by atoms with Crippen LogP contribution in [0.4, 0.5) is 0 Å². The van der Waals surface area contributed by atoms with Crippen molar-refractivity contribution in [2.45, 2.75) is 38.2 Å². The zero-order valence-corrected chi connectivity index (χ0v) is 12.5. The number of thioether (sulfide) groups is 1. The minimum Gasteiger partial charge on any atom is -0.375 e. The van der Waals surface area contributed by atoms with E-state index in [-0.39, 0.29) is 6.10 Å². The highest BCUT2D eigenvalue weighted by Crippen LogP contribution is 2.20. The first-order valence-electron chi connectivity index (χ1n) is 6.87. The van der Waals surface area contributed by atoms with Gasteiger partial charge in [0.2, 0.25) is 0 Å². The van der Waals surface area contributed by atoms with E-state index in [1.165, 1.54) is 0 Å². The van der Waals surface area contributed by atoms with Crippen LogP contribution >= 0.6 is 11.8 Å². The molecule has 19 heavy (non-hydrogen) atoms. The molecule has 1 atom stereocenters. The third-order valence-corrected chi connectivity index (χ3v) is 4.46. The second-order valence-electron chi connectivity index (χ2n) is 4.54. The molecule has 1 aliphatic heterocycles. The van der Waals surface area contributed by atoms with Gasteiger partial charge in [0.15, 0.2) is 5.16 Å². The number of hydrogen-bond donors (Lipinski definition) is 1. The smallest absolute Gasteiger partial charge is 0.191 e. The number of morpholine rings is 1. The van der Waals surface area contributed by atoms with Gasteiger partial charge in [-0.25, -0.2) is 0 Å². The summed E-state index contributed by atoms with van der Waals surface area (Å²) in [6.45, 7) is 9.53. The average molecular weight is 285 g/mol. The van der Waals surface area contributed by atoms with Crippen LogP contribution in [-0.4, -0.2) is 57.8 Å². The zero-order chi connectivity index (χ0) is 13.7. The Balaban J connectivity index is 1.89. The molecular formula is C12H23N5OS. The molecule has 1 fully saturated rings. The SMILES string of the molecule is CCN1CCOC(CSc2nnc(CN)n2CC)C1. The lowest BCUT2D eigenvalue weighted by Gasteiger charge is -2.31. The monoisotopic (exact) mass is 285 g/mol. The number of aromatic nitrogens is 3. The van der Waals surface area contributed by atoms with Crippen molar-refractivity contribution in [1.82, 2.24) is 19.7 Å². The molecule has 2 rings (SSSR count). The van der Waals surface area contributed by atoms with E-state index in [1.54, 1.807) is 11.8 Å². The van der Waals surface area contributed by atoms with Crippen molar-refractivity contribution >= 4 is 11.8 Å². The van der Waals surface area contributed by atoms with Crippen molar-refractivity contribution in [3.8, 4) is 0 Å². The summed E-state index contributed by atoms with van der Waals surface area (Å²) >= 11 is 1.71. The number of nitrogens with zero attached hydrogens (tertiary/aromatic N) is 4. The van der Waals surface area contributed by atoms with Crippen molar-refractivity contribution in [2.24, 2.45) is 5.73 Å². The van der Waals surface area contributed by atoms with Gasteiger partial charge in [-0.3, -0.25) is 4.90 Å². The molecule has 0 radical (unpaired) electrons. The van der Waals surface area contributed by atoms with Crippen molar-refractivity contribution in [3.63, 3.8) is 0 Å². The van der Waals surface area contributed by atoms with Crippen molar-refractivity contribution in [2.75, 3.05) is 32.0 Å². The maximum atomic E-state index is 5.79. The highest BCUT2D eigenvalue weighted by molar-refractivity contribution is 7.99. The Hall–Kier alpha value is -0.630. The second-order valence-corrected chi connectivity index (χ2v) is 5.53. The molecule has 1 aromatic heterocycles. The predicted molar refractivity (Wildman–Crippen MR) is 76.2 cm³/mol.